The molecule has 0 aliphatic rings. The molecule has 3 aromatic rings. The molecule has 0 spiro atoms. The van der Waals surface area contributed by atoms with Gasteiger partial charge in [-0.05, 0) is 48.5 Å². The molecule has 0 amide bonds. The molecule has 1 N–H and O–H groups in total. The first-order valence-corrected chi connectivity index (χ1v) is 10.1. The van der Waals surface area contributed by atoms with Crippen LogP contribution < -0.4 is 10.2 Å². The van der Waals surface area contributed by atoms with Gasteiger partial charge in [-0.3, -0.25) is 4.79 Å². The van der Waals surface area contributed by atoms with E-state index in [0.29, 0.717) is 16.3 Å². The number of aliphatic hydroxyl groups is 1. The number of rotatable bonds is 5. The highest BCUT2D eigenvalue weighted by atomic mass is 35.5. The summed E-state index contributed by atoms with van der Waals surface area (Å²) in [4.78, 5) is 12.6. The molecule has 0 aliphatic carbocycles. The topological polar surface area (TPSA) is 93.8 Å². The summed E-state index contributed by atoms with van der Waals surface area (Å²) in [5.41, 5.74) is -0.0544. The first kappa shape index (κ1) is 19.2. The maximum atomic E-state index is 12.5. The molecule has 0 unspecified atom stereocenters. The second-order valence-electron chi connectivity index (χ2n) is 5.75. The molecule has 1 heterocycles. The van der Waals surface area contributed by atoms with Gasteiger partial charge in [-0.15, -0.1) is 0 Å². The predicted octanol–water partition coefficient (Wildman–Crippen LogP) is 3.65. The maximum Gasteiger partial charge on any atom is 0.228 e. The Bertz CT molecular complexity index is 1120. The van der Waals surface area contributed by atoms with Crippen LogP contribution in [-0.4, -0.2) is 19.8 Å². The molecule has 2 aromatic carbocycles. The zero-order valence-electron chi connectivity index (χ0n) is 14.2. The molecule has 1 aromatic heterocycles. The number of benzene rings is 2. The zero-order valence-corrected chi connectivity index (χ0v) is 15.8. The molecule has 0 aliphatic heterocycles. The maximum absolute atomic E-state index is 12.5. The van der Waals surface area contributed by atoms with Crippen molar-refractivity contribution in [2.45, 2.75) is 11.5 Å². The van der Waals surface area contributed by atoms with Crippen LogP contribution in [0.4, 0.5) is 0 Å². The van der Waals surface area contributed by atoms with Crippen LogP contribution in [0, 0.1) is 0 Å². The Morgan fingerprint density at radius 1 is 1.07 bits per heavy atom. The third-order valence-electron chi connectivity index (χ3n) is 3.69. The summed E-state index contributed by atoms with van der Waals surface area (Å²) < 4.78 is 34.5. The quantitative estimate of drug-likeness (QED) is 0.695. The molecule has 8 heteroatoms. The van der Waals surface area contributed by atoms with Gasteiger partial charge < -0.3 is 14.3 Å². The van der Waals surface area contributed by atoms with Gasteiger partial charge in [0.2, 0.25) is 11.2 Å². The summed E-state index contributed by atoms with van der Waals surface area (Å²) in [5.74, 6) is 0.436. The molecule has 0 fully saturated rings. The Morgan fingerprint density at radius 2 is 1.70 bits per heavy atom. The van der Waals surface area contributed by atoms with Gasteiger partial charge in [0.25, 0.3) is 0 Å². The fourth-order valence-electron chi connectivity index (χ4n) is 2.37. The summed E-state index contributed by atoms with van der Waals surface area (Å²) in [5, 5.41) is 9.84. The average molecular weight is 407 g/mol. The largest absolute Gasteiger partial charge is 0.454 e. The van der Waals surface area contributed by atoms with Crippen LogP contribution in [0.3, 0.4) is 0 Å². The Morgan fingerprint density at radius 3 is 2.26 bits per heavy atom. The number of ether oxygens (including phenoxy) is 1. The standard InChI is InChI=1S/C19H15ClO6S/c1-27(23,24)16-8-2-12(3-9-16)18-19(17(22)10-15(11-21)26-18)25-14-6-4-13(20)5-7-14/h2-10,21H,11H2,1H3. The van der Waals surface area contributed by atoms with E-state index in [9.17, 15) is 18.3 Å². The molecule has 3 rings (SSSR count). The van der Waals surface area contributed by atoms with Crippen molar-refractivity contribution in [1.29, 1.82) is 0 Å². The highest BCUT2D eigenvalue weighted by molar-refractivity contribution is 7.90. The van der Waals surface area contributed by atoms with Gasteiger partial charge in [0, 0.05) is 22.9 Å². The Kier molecular flexibility index (Phi) is 5.36. The van der Waals surface area contributed by atoms with E-state index in [1.54, 1.807) is 24.3 Å². The minimum Gasteiger partial charge on any atom is -0.454 e. The van der Waals surface area contributed by atoms with Crippen molar-refractivity contribution in [2.75, 3.05) is 6.26 Å². The van der Waals surface area contributed by atoms with Crippen molar-refractivity contribution in [3.8, 4) is 22.8 Å². The Labute approximate surface area is 160 Å². The molecular formula is C19H15ClO6S. The van der Waals surface area contributed by atoms with Gasteiger partial charge in [0.1, 0.15) is 18.1 Å². The normalized spacial score (nSPS) is 11.4. The Hall–Kier alpha value is -2.61. The van der Waals surface area contributed by atoms with Gasteiger partial charge in [-0.2, -0.15) is 0 Å². The second-order valence-corrected chi connectivity index (χ2v) is 8.20. The fraction of sp³-hybridized carbons (Fsp3) is 0.105. The van der Waals surface area contributed by atoms with Gasteiger partial charge in [-0.25, -0.2) is 8.42 Å². The molecule has 0 bridgehead atoms. The lowest BCUT2D eigenvalue weighted by atomic mass is 10.1. The zero-order chi connectivity index (χ0) is 19.6. The molecule has 6 nitrogen and oxygen atoms in total. The van der Waals surface area contributed by atoms with Crippen molar-refractivity contribution in [3.05, 3.63) is 75.6 Å². The van der Waals surface area contributed by atoms with E-state index < -0.39 is 21.9 Å². The van der Waals surface area contributed by atoms with E-state index >= 15 is 0 Å². The third-order valence-corrected chi connectivity index (χ3v) is 5.07. The highest BCUT2D eigenvalue weighted by Crippen LogP contribution is 2.32. The molecule has 0 saturated heterocycles. The van der Waals surface area contributed by atoms with Crippen LogP contribution in [0.5, 0.6) is 11.5 Å². The monoisotopic (exact) mass is 406 g/mol. The third kappa shape index (κ3) is 4.39. The fourth-order valence-corrected chi connectivity index (χ4v) is 3.13. The number of hydrogen-bond donors (Lipinski definition) is 1. The van der Waals surface area contributed by atoms with Gasteiger partial charge in [0.15, 0.2) is 15.6 Å². The lowest BCUT2D eigenvalue weighted by Crippen LogP contribution is -2.07. The van der Waals surface area contributed by atoms with Crippen molar-refractivity contribution in [1.82, 2.24) is 0 Å². The SMILES string of the molecule is CS(=O)(=O)c1ccc(-c2oc(CO)cc(=O)c2Oc2ccc(Cl)cc2)cc1. The summed E-state index contributed by atoms with van der Waals surface area (Å²) in [6.07, 6.45) is 1.10. The van der Waals surface area contributed by atoms with Crippen molar-refractivity contribution < 1.29 is 22.7 Å². The number of hydrogen-bond acceptors (Lipinski definition) is 6. The van der Waals surface area contributed by atoms with E-state index in [2.05, 4.69) is 0 Å². The van der Waals surface area contributed by atoms with Gasteiger partial charge in [-0.1, -0.05) is 11.6 Å². The number of sulfone groups is 1. The van der Waals surface area contributed by atoms with E-state index in [1.165, 1.54) is 24.3 Å². The first-order chi connectivity index (χ1) is 12.8. The van der Waals surface area contributed by atoms with Crippen molar-refractivity contribution >= 4 is 21.4 Å². The smallest absolute Gasteiger partial charge is 0.228 e. The van der Waals surface area contributed by atoms with Gasteiger partial charge >= 0.3 is 0 Å². The first-order valence-electron chi connectivity index (χ1n) is 7.80. The highest BCUT2D eigenvalue weighted by Gasteiger charge is 2.18. The minimum atomic E-state index is -3.36. The molecule has 0 radical (unpaired) electrons. The van der Waals surface area contributed by atoms with Crippen LogP contribution in [0.25, 0.3) is 11.3 Å². The second kappa shape index (κ2) is 7.56. The van der Waals surface area contributed by atoms with E-state index in [-0.39, 0.29) is 22.2 Å². The lowest BCUT2D eigenvalue weighted by molar-refractivity contribution is 0.244. The average Bonchev–Trinajstić information content (AvgIpc) is 2.64. The summed E-state index contributed by atoms with van der Waals surface area (Å²) >= 11 is 5.85. The molecular weight excluding hydrogens is 392 g/mol. The molecule has 140 valence electrons. The van der Waals surface area contributed by atoms with Crippen LogP contribution in [0.1, 0.15) is 5.76 Å². The summed E-state index contributed by atoms with van der Waals surface area (Å²) in [6.45, 7) is -0.467. The van der Waals surface area contributed by atoms with Crippen LogP contribution in [0.2, 0.25) is 5.02 Å². The van der Waals surface area contributed by atoms with E-state index in [4.69, 9.17) is 20.8 Å². The Balaban J connectivity index is 2.11. The van der Waals surface area contributed by atoms with Crippen LogP contribution in [0.15, 0.2) is 68.7 Å². The van der Waals surface area contributed by atoms with Crippen molar-refractivity contribution in [2.24, 2.45) is 0 Å². The predicted molar refractivity (Wildman–Crippen MR) is 101 cm³/mol. The lowest BCUT2D eigenvalue weighted by Gasteiger charge is -2.11. The summed E-state index contributed by atoms with van der Waals surface area (Å²) in [7, 11) is -3.36. The van der Waals surface area contributed by atoms with Crippen LogP contribution in [-0.2, 0) is 16.4 Å². The van der Waals surface area contributed by atoms with E-state index in [1.807, 2.05) is 0 Å². The van der Waals surface area contributed by atoms with Crippen molar-refractivity contribution in [3.63, 3.8) is 0 Å². The number of halogens is 1. The molecule has 0 saturated carbocycles. The minimum absolute atomic E-state index is 0.0608. The van der Waals surface area contributed by atoms with Gasteiger partial charge in [0.05, 0.1) is 4.90 Å². The number of aliphatic hydroxyl groups excluding tert-OH is 1. The van der Waals surface area contributed by atoms with Crippen LogP contribution >= 0.6 is 11.6 Å². The van der Waals surface area contributed by atoms with E-state index in [0.717, 1.165) is 12.3 Å². The molecule has 0 atom stereocenters. The molecule has 27 heavy (non-hydrogen) atoms. The summed E-state index contributed by atoms with van der Waals surface area (Å²) in [6, 6.07) is 13.4.